The van der Waals surface area contributed by atoms with Gasteiger partial charge in [0.1, 0.15) is 0 Å². The van der Waals surface area contributed by atoms with E-state index >= 15 is 0 Å². The molecule has 0 saturated heterocycles. The summed E-state index contributed by atoms with van der Waals surface area (Å²) in [5.41, 5.74) is 2.67. The normalized spacial score (nSPS) is 12.1. The molecule has 0 saturated carbocycles. The number of aromatic nitrogens is 2. The number of nitrogens with one attached hydrogen (secondary N) is 2. The first-order valence-corrected chi connectivity index (χ1v) is 9.43. The summed E-state index contributed by atoms with van der Waals surface area (Å²) in [5.74, 6) is 0.958. The zero-order chi connectivity index (χ0) is 20.5. The van der Waals surface area contributed by atoms with Gasteiger partial charge in [0.25, 0.3) is 11.5 Å². The lowest BCUT2D eigenvalue weighted by atomic mass is 10.0. The van der Waals surface area contributed by atoms with Crippen LogP contribution in [0.15, 0.2) is 71.5 Å². The van der Waals surface area contributed by atoms with E-state index in [2.05, 4.69) is 15.5 Å². The van der Waals surface area contributed by atoms with Crippen molar-refractivity contribution >= 4 is 22.4 Å². The minimum atomic E-state index is -0.238. The molecule has 2 N–H and O–H groups in total. The number of nitrogens with zero attached hydrogens (tertiary/aromatic N) is 1. The summed E-state index contributed by atoms with van der Waals surface area (Å²) >= 11 is 0. The number of carbonyl (C=O) groups is 1. The van der Waals surface area contributed by atoms with Gasteiger partial charge in [-0.2, -0.15) is 5.10 Å². The number of amides is 1. The first kappa shape index (κ1) is 17.9. The van der Waals surface area contributed by atoms with Gasteiger partial charge >= 0.3 is 0 Å². The van der Waals surface area contributed by atoms with Crippen LogP contribution in [0.25, 0.3) is 10.8 Å². The summed E-state index contributed by atoms with van der Waals surface area (Å²) in [6.07, 6.45) is 0.519. The third kappa shape index (κ3) is 3.37. The van der Waals surface area contributed by atoms with Gasteiger partial charge in [0, 0.05) is 23.1 Å². The Morgan fingerprint density at radius 2 is 1.80 bits per heavy atom. The van der Waals surface area contributed by atoms with Gasteiger partial charge in [0.15, 0.2) is 11.5 Å². The maximum absolute atomic E-state index is 12.6. The lowest BCUT2D eigenvalue weighted by Crippen LogP contribution is -2.12. The molecule has 1 aliphatic heterocycles. The lowest BCUT2D eigenvalue weighted by Gasteiger charge is -2.09. The fraction of sp³-hybridized carbons (Fsp3) is 0.0870. The summed E-state index contributed by atoms with van der Waals surface area (Å²) in [6, 6.07) is 20.0. The second-order valence-electron chi connectivity index (χ2n) is 6.94. The van der Waals surface area contributed by atoms with Crippen LogP contribution < -0.4 is 20.3 Å². The van der Waals surface area contributed by atoms with Crippen molar-refractivity contribution in [3.05, 3.63) is 93.9 Å². The zero-order valence-electron chi connectivity index (χ0n) is 15.8. The smallest absolute Gasteiger partial charge is 0.272 e. The van der Waals surface area contributed by atoms with Gasteiger partial charge in [-0.25, -0.2) is 5.10 Å². The molecule has 3 aromatic carbocycles. The first-order valence-electron chi connectivity index (χ1n) is 9.43. The number of ether oxygens (including phenoxy) is 2. The number of aromatic amines is 1. The van der Waals surface area contributed by atoms with Gasteiger partial charge in [0.2, 0.25) is 6.79 Å². The molecule has 148 valence electrons. The number of hydrogen-bond acceptors (Lipinski definition) is 5. The molecule has 7 nitrogen and oxygen atoms in total. The Labute approximate surface area is 171 Å². The molecule has 1 amide bonds. The highest BCUT2D eigenvalue weighted by Gasteiger charge is 2.16. The predicted molar refractivity (Wildman–Crippen MR) is 112 cm³/mol. The molecule has 0 bridgehead atoms. The molecule has 1 aliphatic rings. The number of carbonyl (C=O) groups excluding carboxylic acids is 1. The molecule has 0 spiro atoms. The molecule has 0 atom stereocenters. The molecule has 2 heterocycles. The van der Waals surface area contributed by atoms with Crippen LogP contribution >= 0.6 is 0 Å². The summed E-state index contributed by atoms with van der Waals surface area (Å²) in [6.45, 7) is 0.163. The average molecular weight is 399 g/mol. The van der Waals surface area contributed by atoms with Crippen molar-refractivity contribution < 1.29 is 14.3 Å². The largest absolute Gasteiger partial charge is 0.454 e. The Hall–Kier alpha value is -4.13. The minimum Gasteiger partial charge on any atom is -0.454 e. The number of H-pyrrole nitrogens is 1. The molecule has 7 heteroatoms. The van der Waals surface area contributed by atoms with E-state index in [-0.39, 0.29) is 18.3 Å². The Kier molecular flexibility index (Phi) is 4.40. The van der Waals surface area contributed by atoms with Crippen molar-refractivity contribution in [3.63, 3.8) is 0 Å². The van der Waals surface area contributed by atoms with Crippen molar-refractivity contribution in [2.75, 3.05) is 12.1 Å². The Morgan fingerprint density at radius 1 is 0.967 bits per heavy atom. The Bertz CT molecular complexity index is 1330. The van der Waals surface area contributed by atoms with Gasteiger partial charge in [-0.15, -0.1) is 0 Å². The second kappa shape index (κ2) is 7.36. The van der Waals surface area contributed by atoms with Crippen LogP contribution in [0.1, 0.15) is 21.6 Å². The van der Waals surface area contributed by atoms with Crippen LogP contribution in [0.3, 0.4) is 0 Å². The van der Waals surface area contributed by atoms with E-state index in [0.29, 0.717) is 34.6 Å². The second-order valence-corrected chi connectivity index (χ2v) is 6.94. The minimum absolute atomic E-state index is 0.163. The third-order valence-corrected chi connectivity index (χ3v) is 4.97. The van der Waals surface area contributed by atoms with E-state index in [1.807, 2.05) is 42.5 Å². The van der Waals surface area contributed by atoms with Crippen LogP contribution in [-0.4, -0.2) is 22.9 Å². The highest BCUT2D eigenvalue weighted by atomic mass is 16.7. The molecule has 0 unspecified atom stereocenters. The van der Waals surface area contributed by atoms with Gasteiger partial charge in [0.05, 0.1) is 11.1 Å². The summed E-state index contributed by atoms with van der Waals surface area (Å²) in [7, 11) is 0. The van der Waals surface area contributed by atoms with E-state index in [4.69, 9.17) is 9.47 Å². The van der Waals surface area contributed by atoms with E-state index < -0.39 is 0 Å². The van der Waals surface area contributed by atoms with Crippen molar-refractivity contribution in [1.82, 2.24) is 10.2 Å². The highest BCUT2D eigenvalue weighted by molar-refractivity contribution is 6.04. The molecular formula is C23H17N3O4. The highest BCUT2D eigenvalue weighted by Crippen LogP contribution is 2.32. The van der Waals surface area contributed by atoms with Gasteiger partial charge in [-0.3, -0.25) is 9.59 Å². The quantitative estimate of drug-likeness (QED) is 0.548. The maximum Gasteiger partial charge on any atom is 0.272 e. The van der Waals surface area contributed by atoms with Gasteiger partial charge < -0.3 is 14.8 Å². The lowest BCUT2D eigenvalue weighted by molar-refractivity contribution is 0.102. The molecule has 1 aromatic heterocycles. The van der Waals surface area contributed by atoms with Gasteiger partial charge in [-0.05, 0) is 42.0 Å². The standard InChI is InChI=1S/C23H17N3O4/c27-22(15-8-9-20-21(12-15)30-13-29-20)24-16-5-3-4-14(10-16)11-19-17-6-1-2-7-18(17)23(28)26-25-19/h1-10,12H,11,13H2,(H,24,27)(H,26,28). The predicted octanol–water partition coefficient (Wildman–Crippen LogP) is 3.49. The van der Waals surface area contributed by atoms with Crippen molar-refractivity contribution in [2.24, 2.45) is 0 Å². The maximum atomic E-state index is 12.6. The number of benzene rings is 3. The fourth-order valence-corrected chi connectivity index (χ4v) is 3.50. The molecule has 0 fully saturated rings. The molecule has 5 rings (SSSR count). The van der Waals surface area contributed by atoms with Crippen LogP contribution in [0.2, 0.25) is 0 Å². The fourth-order valence-electron chi connectivity index (χ4n) is 3.50. The van der Waals surface area contributed by atoms with Crippen molar-refractivity contribution in [2.45, 2.75) is 6.42 Å². The number of rotatable bonds is 4. The van der Waals surface area contributed by atoms with E-state index in [1.54, 1.807) is 24.3 Å². The molecule has 0 radical (unpaired) electrons. The van der Waals surface area contributed by atoms with Crippen LogP contribution in [0.4, 0.5) is 5.69 Å². The summed E-state index contributed by atoms with van der Waals surface area (Å²) in [4.78, 5) is 24.6. The number of anilines is 1. The number of fused-ring (bicyclic) bond motifs is 2. The Balaban J connectivity index is 1.38. The van der Waals surface area contributed by atoms with Crippen molar-refractivity contribution in [1.29, 1.82) is 0 Å². The third-order valence-electron chi connectivity index (χ3n) is 4.97. The molecule has 4 aromatic rings. The van der Waals surface area contributed by atoms with Crippen molar-refractivity contribution in [3.8, 4) is 11.5 Å². The Morgan fingerprint density at radius 3 is 2.70 bits per heavy atom. The van der Waals surface area contributed by atoms with Crippen LogP contribution in [-0.2, 0) is 6.42 Å². The summed E-state index contributed by atoms with van der Waals surface area (Å²) < 4.78 is 10.6. The SMILES string of the molecule is O=C(Nc1cccc(Cc2n[nH]c(=O)c3ccccc23)c1)c1ccc2c(c1)OCO2. The first-order chi connectivity index (χ1) is 14.7. The monoisotopic (exact) mass is 399 g/mol. The topological polar surface area (TPSA) is 93.3 Å². The van der Waals surface area contributed by atoms with Crippen LogP contribution in [0.5, 0.6) is 11.5 Å². The van der Waals surface area contributed by atoms with Crippen LogP contribution in [0, 0.1) is 0 Å². The summed E-state index contributed by atoms with van der Waals surface area (Å²) in [5, 5.41) is 11.1. The van der Waals surface area contributed by atoms with E-state index in [9.17, 15) is 9.59 Å². The zero-order valence-corrected chi connectivity index (χ0v) is 15.8. The van der Waals surface area contributed by atoms with E-state index in [1.165, 1.54) is 0 Å². The molecule has 0 aliphatic carbocycles. The van der Waals surface area contributed by atoms with Gasteiger partial charge in [-0.1, -0.05) is 30.3 Å². The molecule has 30 heavy (non-hydrogen) atoms. The van der Waals surface area contributed by atoms with E-state index in [0.717, 1.165) is 16.6 Å². The molecular weight excluding hydrogens is 382 g/mol. The number of hydrogen-bond donors (Lipinski definition) is 2. The average Bonchev–Trinajstić information content (AvgIpc) is 3.24.